The predicted octanol–water partition coefficient (Wildman–Crippen LogP) is 2.84. The molecule has 0 saturated carbocycles. The molecular formula is C21H27N3O3. The summed E-state index contributed by atoms with van der Waals surface area (Å²) in [4.78, 5) is 31.9. The first kappa shape index (κ1) is 20.4. The Labute approximate surface area is 160 Å². The van der Waals surface area contributed by atoms with E-state index in [1.54, 1.807) is 36.4 Å². The van der Waals surface area contributed by atoms with Crippen molar-refractivity contribution in [3.63, 3.8) is 0 Å². The summed E-state index contributed by atoms with van der Waals surface area (Å²) in [6.45, 7) is 4.39. The second-order valence-corrected chi connectivity index (χ2v) is 6.52. The van der Waals surface area contributed by atoms with E-state index in [2.05, 4.69) is 4.98 Å². The number of pyridine rings is 1. The van der Waals surface area contributed by atoms with E-state index >= 15 is 0 Å². The van der Waals surface area contributed by atoms with Crippen LogP contribution in [0, 0.1) is 6.92 Å². The van der Waals surface area contributed by atoms with Gasteiger partial charge < -0.3 is 14.5 Å². The molecule has 0 aliphatic heterocycles. The summed E-state index contributed by atoms with van der Waals surface area (Å²) in [5.41, 5.74) is 2.86. The average molecular weight is 369 g/mol. The standard InChI is InChI=1S/C21H27N3O3/c1-16-5-6-20(27-4)19(15-16)24(17(2)25)14-10-21(26)23(3)13-9-18-7-11-22-12-8-18/h5-8,11-12,15H,9-10,13-14H2,1-4H3. The highest BCUT2D eigenvalue weighted by Gasteiger charge is 2.19. The number of amides is 2. The zero-order chi connectivity index (χ0) is 19.8. The SMILES string of the molecule is COc1ccc(C)cc1N(CCC(=O)N(C)CCc1ccncc1)C(C)=O. The average Bonchev–Trinajstić information content (AvgIpc) is 2.66. The second kappa shape index (κ2) is 9.71. The van der Waals surface area contributed by atoms with Gasteiger partial charge in [-0.05, 0) is 48.7 Å². The Bertz CT molecular complexity index is 777. The lowest BCUT2D eigenvalue weighted by atomic mass is 10.1. The summed E-state index contributed by atoms with van der Waals surface area (Å²) in [6.07, 6.45) is 4.52. The fourth-order valence-corrected chi connectivity index (χ4v) is 2.83. The molecule has 0 atom stereocenters. The summed E-state index contributed by atoms with van der Waals surface area (Å²) in [5, 5.41) is 0. The van der Waals surface area contributed by atoms with Gasteiger partial charge in [0.1, 0.15) is 5.75 Å². The van der Waals surface area contributed by atoms with Crippen molar-refractivity contribution < 1.29 is 14.3 Å². The third kappa shape index (κ3) is 5.81. The molecule has 0 radical (unpaired) electrons. The van der Waals surface area contributed by atoms with Gasteiger partial charge in [-0.25, -0.2) is 0 Å². The van der Waals surface area contributed by atoms with Gasteiger partial charge in [0, 0.05) is 45.9 Å². The molecule has 2 amide bonds. The van der Waals surface area contributed by atoms with Crippen LogP contribution in [0.1, 0.15) is 24.5 Å². The Kier molecular flexibility index (Phi) is 7.34. The van der Waals surface area contributed by atoms with Crippen molar-refractivity contribution in [2.24, 2.45) is 0 Å². The quantitative estimate of drug-likeness (QED) is 0.718. The third-order valence-electron chi connectivity index (χ3n) is 4.47. The maximum Gasteiger partial charge on any atom is 0.224 e. The Morgan fingerprint density at radius 1 is 1.11 bits per heavy atom. The highest BCUT2D eigenvalue weighted by atomic mass is 16.5. The summed E-state index contributed by atoms with van der Waals surface area (Å²) in [5.74, 6) is 0.502. The molecule has 0 bridgehead atoms. The van der Waals surface area contributed by atoms with Gasteiger partial charge in [0.25, 0.3) is 0 Å². The lowest BCUT2D eigenvalue weighted by molar-refractivity contribution is -0.129. The van der Waals surface area contributed by atoms with Crippen LogP contribution in [0.4, 0.5) is 5.69 Å². The van der Waals surface area contributed by atoms with Crippen LogP contribution in [0.2, 0.25) is 0 Å². The molecule has 1 heterocycles. The van der Waals surface area contributed by atoms with Crippen molar-refractivity contribution in [2.45, 2.75) is 26.7 Å². The number of aromatic nitrogens is 1. The number of hydrogen-bond donors (Lipinski definition) is 0. The minimum Gasteiger partial charge on any atom is -0.495 e. The Balaban J connectivity index is 1.98. The summed E-state index contributed by atoms with van der Waals surface area (Å²) in [7, 11) is 3.36. The molecule has 0 aliphatic rings. The van der Waals surface area contributed by atoms with E-state index in [-0.39, 0.29) is 18.2 Å². The summed E-state index contributed by atoms with van der Waals surface area (Å²) >= 11 is 0. The first-order chi connectivity index (χ1) is 12.9. The summed E-state index contributed by atoms with van der Waals surface area (Å²) < 4.78 is 5.38. The molecule has 0 saturated heterocycles. The van der Waals surface area contributed by atoms with E-state index in [4.69, 9.17) is 4.74 Å². The molecule has 1 aromatic carbocycles. The van der Waals surface area contributed by atoms with E-state index in [0.29, 0.717) is 24.5 Å². The number of carbonyl (C=O) groups is 2. The number of aryl methyl sites for hydroxylation is 1. The molecule has 0 aliphatic carbocycles. The molecule has 0 fully saturated rings. The third-order valence-corrected chi connectivity index (χ3v) is 4.47. The normalized spacial score (nSPS) is 10.4. The van der Waals surface area contributed by atoms with E-state index in [0.717, 1.165) is 17.5 Å². The molecule has 0 spiro atoms. The monoisotopic (exact) mass is 369 g/mol. The molecule has 27 heavy (non-hydrogen) atoms. The largest absolute Gasteiger partial charge is 0.495 e. The van der Waals surface area contributed by atoms with Crippen LogP contribution < -0.4 is 9.64 Å². The van der Waals surface area contributed by atoms with Gasteiger partial charge in [-0.1, -0.05) is 6.07 Å². The molecule has 0 N–H and O–H groups in total. The zero-order valence-electron chi connectivity index (χ0n) is 16.4. The Morgan fingerprint density at radius 2 is 1.81 bits per heavy atom. The lowest BCUT2D eigenvalue weighted by Crippen LogP contribution is -2.35. The van der Waals surface area contributed by atoms with Crippen molar-refractivity contribution >= 4 is 17.5 Å². The molecule has 2 aromatic rings. The minimum absolute atomic E-state index is 0.00178. The first-order valence-electron chi connectivity index (χ1n) is 8.98. The van der Waals surface area contributed by atoms with Gasteiger partial charge in [0.15, 0.2) is 0 Å². The molecular weight excluding hydrogens is 342 g/mol. The Morgan fingerprint density at radius 3 is 2.44 bits per heavy atom. The van der Waals surface area contributed by atoms with E-state index in [1.165, 1.54) is 6.92 Å². The molecule has 6 nitrogen and oxygen atoms in total. The molecule has 144 valence electrons. The molecule has 0 unspecified atom stereocenters. The van der Waals surface area contributed by atoms with Gasteiger partial charge in [-0.15, -0.1) is 0 Å². The number of hydrogen-bond acceptors (Lipinski definition) is 4. The van der Waals surface area contributed by atoms with Crippen LogP contribution in [0.25, 0.3) is 0 Å². The van der Waals surface area contributed by atoms with Gasteiger partial charge in [0.2, 0.25) is 11.8 Å². The van der Waals surface area contributed by atoms with Crippen molar-refractivity contribution in [3.05, 3.63) is 53.9 Å². The number of anilines is 1. The maximum atomic E-state index is 12.5. The molecule has 2 rings (SSSR count). The van der Waals surface area contributed by atoms with Crippen LogP contribution in [-0.2, 0) is 16.0 Å². The number of carbonyl (C=O) groups excluding carboxylic acids is 2. The van der Waals surface area contributed by atoms with Gasteiger partial charge in [-0.3, -0.25) is 14.6 Å². The van der Waals surface area contributed by atoms with Crippen molar-refractivity contribution in [1.82, 2.24) is 9.88 Å². The van der Waals surface area contributed by atoms with E-state index < -0.39 is 0 Å². The zero-order valence-corrected chi connectivity index (χ0v) is 16.4. The number of benzene rings is 1. The van der Waals surface area contributed by atoms with Crippen molar-refractivity contribution in [2.75, 3.05) is 32.1 Å². The van der Waals surface area contributed by atoms with Gasteiger partial charge in [0.05, 0.1) is 12.8 Å². The second-order valence-electron chi connectivity index (χ2n) is 6.52. The van der Waals surface area contributed by atoms with Crippen LogP contribution in [-0.4, -0.2) is 48.9 Å². The van der Waals surface area contributed by atoms with Gasteiger partial charge >= 0.3 is 0 Å². The number of rotatable bonds is 8. The number of nitrogens with zero attached hydrogens (tertiary/aromatic N) is 3. The number of methoxy groups -OCH3 is 1. The minimum atomic E-state index is -0.119. The predicted molar refractivity (Wildman–Crippen MR) is 106 cm³/mol. The smallest absolute Gasteiger partial charge is 0.224 e. The fraction of sp³-hybridized carbons (Fsp3) is 0.381. The topological polar surface area (TPSA) is 62.7 Å². The first-order valence-corrected chi connectivity index (χ1v) is 8.98. The van der Waals surface area contributed by atoms with Crippen LogP contribution in [0.15, 0.2) is 42.7 Å². The van der Waals surface area contributed by atoms with Crippen molar-refractivity contribution in [1.29, 1.82) is 0 Å². The molecule has 1 aromatic heterocycles. The van der Waals surface area contributed by atoms with Crippen LogP contribution in [0.3, 0.4) is 0 Å². The number of likely N-dealkylation sites (N-methyl/N-ethyl adjacent to an activating group) is 1. The Hall–Kier alpha value is -2.89. The summed E-state index contributed by atoms with van der Waals surface area (Å²) in [6, 6.07) is 9.56. The van der Waals surface area contributed by atoms with Crippen molar-refractivity contribution in [3.8, 4) is 5.75 Å². The highest BCUT2D eigenvalue weighted by molar-refractivity contribution is 5.94. The van der Waals surface area contributed by atoms with E-state index in [1.807, 2.05) is 37.3 Å². The number of ether oxygens (including phenoxy) is 1. The lowest BCUT2D eigenvalue weighted by Gasteiger charge is -2.25. The highest BCUT2D eigenvalue weighted by Crippen LogP contribution is 2.29. The fourth-order valence-electron chi connectivity index (χ4n) is 2.83. The van der Waals surface area contributed by atoms with E-state index in [9.17, 15) is 9.59 Å². The van der Waals surface area contributed by atoms with Crippen LogP contribution in [0.5, 0.6) is 5.75 Å². The van der Waals surface area contributed by atoms with Crippen LogP contribution >= 0.6 is 0 Å². The maximum absolute atomic E-state index is 12.5. The molecule has 6 heteroatoms. The van der Waals surface area contributed by atoms with Gasteiger partial charge in [-0.2, -0.15) is 0 Å².